The standard InChI is InChI=1S/C20H31FN4O3.HI/c1-15-4-5-17(12-18(15)21)19(26)23-8-9-25-20(22-2)24-7-3-10-27-13-16-6-11-28-14-16;/h4-5,12,16H,3,6-11,13-14H2,1-2H3,(H,23,26)(H2,22,24,25);1H. The number of nitrogens with one attached hydrogen (secondary N) is 3. The van der Waals surface area contributed by atoms with Gasteiger partial charge in [0.15, 0.2) is 5.96 Å². The first-order chi connectivity index (χ1) is 13.6. The molecule has 1 unspecified atom stereocenters. The molecule has 0 radical (unpaired) electrons. The first-order valence-corrected chi connectivity index (χ1v) is 9.74. The van der Waals surface area contributed by atoms with Crippen LogP contribution in [0.5, 0.6) is 0 Å². The maximum Gasteiger partial charge on any atom is 0.251 e. The molecular weight excluding hydrogens is 490 g/mol. The second kappa shape index (κ2) is 14.5. The number of guanidine groups is 1. The molecule has 7 nitrogen and oxygen atoms in total. The summed E-state index contributed by atoms with van der Waals surface area (Å²) in [5, 5.41) is 9.08. The fourth-order valence-electron chi connectivity index (χ4n) is 2.76. The number of amides is 1. The lowest BCUT2D eigenvalue weighted by Gasteiger charge is -2.13. The molecule has 3 N–H and O–H groups in total. The van der Waals surface area contributed by atoms with E-state index in [0.29, 0.717) is 42.7 Å². The molecule has 1 aromatic rings. The van der Waals surface area contributed by atoms with Gasteiger partial charge in [-0.1, -0.05) is 6.07 Å². The van der Waals surface area contributed by atoms with Gasteiger partial charge in [-0.3, -0.25) is 9.79 Å². The highest BCUT2D eigenvalue weighted by molar-refractivity contribution is 14.0. The first-order valence-electron chi connectivity index (χ1n) is 9.74. The van der Waals surface area contributed by atoms with Crippen molar-refractivity contribution in [2.24, 2.45) is 10.9 Å². The van der Waals surface area contributed by atoms with E-state index in [-0.39, 0.29) is 35.7 Å². The van der Waals surface area contributed by atoms with Gasteiger partial charge in [0.05, 0.1) is 13.2 Å². The van der Waals surface area contributed by atoms with Crippen LogP contribution in [0, 0.1) is 18.7 Å². The third-order valence-corrected chi connectivity index (χ3v) is 4.50. The molecular formula is C20H32FIN4O3. The molecule has 29 heavy (non-hydrogen) atoms. The van der Waals surface area contributed by atoms with E-state index in [2.05, 4.69) is 20.9 Å². The van der Waals surface area contributed by atoms with Gasteiger partial charge in [-0.2, -0.15) is 0 Å². The SMILES string of the molecule is CN=C(NCCCOCC1CCOC1)NCCNC(=O)c1ccc(C)c(F)c1.I. The summed E-state index contributed by atoms with van der Waals surface area (Å²) in [6, 6.07) is 4.46. The minimum absolute atomic E-state index is 0. The van der Waals surface area contributed by atoms with Crippen molar-refractivity contribution < 1.29 is 18.7 Å². The van der Waals surface area contributed by atoms with Crippen LogP contribution in [0.1, 0.15) is 28.8 Å². The Hall–Kier alpha value is -1.46. The summed E-state index contributed by atoms with van der Waals surface area (Å²) in [4.78, 5) is 16.2. The highest BCUT2D eigenvalue weighted by Gasteiger charge is 2.15. The highest BCUT2D eigenvalue weighted by atomic mass is 127. The molecule has 1 atom stereocenters. The maximum absolute atomic E-state index is 13.5. The smallest absolute Gasteiger partial charge is 0.251 e. The Labute approximate surface area is 189 Å². The summed E-state index contributed by atoms with van der Waals surface area (Å²) >= 11 is 0. The van der Waals surface area contributed by atoms with E-state index in [1.807, 2.05) is 0 Å². The zero-order valence-electron chi connectivity index (χ0n) is 17.1. The van der Waals surface area contributed by atoms with Crippen LogP contribution in [0.3, 0.4) is 0 Å². The second-order valence-electron chi connectivity index (χ2n) is 6.80. The van der Waals surface area contributed by atoms with Gasteiger partial charge in [0.25, 0.3) is 5.91 Å². The molecule has 164 valence electrons. The molecule has 0 aliphatic carbocycles. The normalized spacial score (nSPS) is 16.2. The molecule has 0 aromatic heterocycles. The third kappa shape index (κ3) is 9.72. The summed E-state index contributed by atoms with van der Waals surface area (Å²) < 4.78 is 24.5. The topological polar surface area (TPSA) is 84.0 Å². The van der Waals surface area contributed by atoms with E-state index in [0.717, 1.165) is 39.2 Å². The Bertz CT molecular complexity index is 655. The van der Waals surface area contributed by atoms with E-state index >= 15 is 0 Å². The third-order valence-electron chi connectivity index (χ3n) is 4.50. The number of aryl methyl sites for hydroxylation is 1. The predicted molar refractivity (Wildman–Crippen MR) is 123 cm³/mol. The van der Waals surface area contributed by atoms with E-state index in [1.165, 1.54) is 6.07 Å². The summed E-state index contributed by atoms with van der Waals surface area (Å²) in [6.45, 7) is 6.44. The quantitative estimate of drug-likeness (QED) is 0.190. The first kappa shape index (κ1) is 25.6. The summed E-state index contributed by atoms with van der Waals surface area (Å²) in [5.41, 5.74) is 0.834. The Morgan fingerprint density at radius 3 is 2.72 bits per heavy atom. The summed E-state index contributed by atoms with van der Waals surface area (Å²) in [5.74, 6) is 0.526. The van der Waals surface area contributed by atoms with Gasteiger partial charge in [-0.05, 0) is 37.5 Å². The summed E-state index contributed by atoms with van der Waals surface area (Å²) in [7, 11) is 1.69. The zero-order valence-corrected chi connectivity index (χ0v) is 19.5. The molecule has 1 amide bonds. The van der Waals surface area contributed by atoms with Gasteiger partial charge in [-0.15, -0.1) is 24.0 Å². The molecule has 1 aliphatic rings. The monoisotopic (exact) mass is 522 g/mol. The molecule has 0 saturated carbocycles. The van der Waals surface area contributed by atoms with Crippen LogP contribution in [0.4, 0.5) is 4.39 Å². The van der Waals surface area contributed by atoms with Crippen LogP contribution in [0.15, 0.2) is 23.2 Å². The lowest BCUT2D eigenvalue weighted by molar-refractivity contribution is 0.0887. The fourth-order valence-corrected chi connectivity index (χ4v) is 2.76. The number of hydrogen-bond acceptors (Lipinski definition) is 4. The molecule has 1 fully saturated rings. The van der Waals surface area contributed by atoms with Crippen molar-refractivity contribution in [1.82, 2.24) is 16.0 Å². The molecule has 1 aliphatic heterocycles. The van der Waals surface area contributed by atoms with Crippen molar-refractivity contribution in [3.63, 3.8) is 0 Å². The lowest BCUT2D eigenvalue weighted by Crippen LogP contribution is -2.42. The largest absolute Gasteiger partial charge is 0.381 e. The van der Waals surface area contributed by atoms with Crippen LogP contribution in [-0.4, -0.2) is 65.0 Å². The van der Waals surface area contributed by atoms with Gasteiger partial charge < -0.3 is 25.4 Å². The summed E-state index contributed by atoms with van der Waals surface area (Å²) in [6.07, 6.45) is 1.97. The Balaban J connectivity index is 0.00000420. The number of nitrogens with zero attached hydrogens (tertiary/aromatic N) is 1. The second-order valence-corrected chi connectivity index (χ2v) is 6.80. The van der Waals surface area contributed by atoms with Gasteiger partial charge in [0.2, 0.25) is 0 Å². The van der Waals surface area contributed by atoms with Gasteiger partial charge in [0.1, 0.15) is 5.82 Å². The van der Waals surface area contributed by atoms with E-state index in [1.54, 1.807) is 26.1 Å². The average molecular weight is 522 g/mol. The minimum atomic E-state index is -0.379. The number of carbonyl (C=O) groups is 1. The number of ether oxygens (including phenoxy) is 2. The maximum atomic E-state index is 13.5. The zero-order chi connectivity index (χ0) is 20.2. The van der Waals surface area contributed by atoms with Crippen molar-refractivity contribution in [2.75, 3.05) is 53.1 Å². The molecule has 9 heteroatoms. The van der Waals surface area contributed by atoms with Crippen LogP contribution in [-0.2, 0) is 9.47 Å². The van der Waals surface area contributed by atoms with E-state index in [9.17, 15) is 9.18 Å². The Kier molecular flexibility index (Phi) is 12.8. The van der Waals surface area contributed by atoms with E-state index in [4.69, 9.17) is 9.47 Å². The Morgan fingerprint density at radius 1 is 1.28 bits per heavy atom. The molecule has 0 spiro atoms. The van der Waals surface area contributed by atoms with Gasteiger partial charge >= 0.3 is 0 Å². The number of hydrogen-bond donors (Lipinski definition) is 3. The number of carbonyl (C=O) groups excluding carboxylic acids is 1. The van der Waals surface area contributed by atoms with Crippen molar-refractivity contribution >= 4 is 35.8 Å². The fraction of sp³-hybridized carbons (Fsp3) is 0.600. The predicted octanol–water partition coefficient (Wildman–Crippen LogP) is 2.09. The molecule has 1 aromatic carbocycles. The number of benzene rings is 1. The van der Waals surface area contributed by atoms with Gasteiger partial charge in [-0.25, -0.2) is 4.39 Å². The molecule has 1 saturated heterocycles. The Morgan fingerprint density at radius 2 is 2.03 bits per heavy atom. The van der Waals surface area contributed by atoms with E-state index < -0.39 is 0 Å². The number of rotatable bonds is 10. The van der Waals surface area contributed by atoms with Crippen molar-refractivity contribution in [3.05, 3.63) is 35.1 Å². The molecule has 1 heterocycles. The van der Waals surface area contributed by atoms with Crippen molar-refractivity contribution in [2.45, 2.75) is 19.8 Å². The highest BCUT2D eigenvalue weighted by Crippen LogP contribution is 2.12. The number of halogens is 2. The van der Waals surface area contributed by atoms with Crippen LogP contribution in [0.25, 0.3) is 0 Å². The van der Waals surface area contributed by atoms with Crippen molar-refractivity contribution in [3.8, 4) is 0 Å². The molecule has 0 bridgehead atoms. The van der Waals surface area contributed by atoms with Crippen LogP contribution >= 0.6 is 24.0 Å². The van der Waals surface area contributed by atoms with Crippen LogP contribution < -0.4 is 16.0 Å². The van der Waals surface area contributed by atoms with Crippen LogP contribution in [0.2, 0.25) is 0 Å². The number of aliphatic imine (C=N–C) groups is 1. The van der Waals surface area contributed by atoms with Crippen molar-refractivity contribution in [1.29, 1.82) is 0 Å². The van der Waals surface area contributed by atoms with Gasteiger partial charge in [0, 0.05) is 51.4 Å². The minimum Gasteiger partial charge on any atom is -0.381 e. The lowest BCUT2D eigenvalue weighted by atomic mass is 10.1. The molecule has 2 rings (SSSR count). The average Bonchev–Trinajstić information content (AvgIpc) is 3.21.